The molecule has 0 unspecified atom stereocenters. The summed E-state index contributed by atoms with van der Waals surface area (Å²) in [5.74, 6) is 1.00. The maximum absolute atomic E-state index is 8.88. The molecule has 0 aliphatic rings. The van der Waals surface area contributed by atoms with Crippen LogP contribution < -0.4 is 14.8 Å². The van der Waals surface area contributed by atoms with Crippen LogP contribution in [-0.2, 0) is 6.42 Å². The molecular formula is C14H18N4O3. The lowest BCUT2D eigenvalue weighted by Crippen LogP contribution is -2.06. The molecule has 1 heterocycles. The summed E-state index contributed by atoms with van der Waals surface area (Å²) in [4.78, 5) is 12.2. The zero-order valence-electron chi connectivity index (χ0n) is 12.0. The Kier molecular flexibility index (Phi) is 5.28. The number of benzene rings is 1. The van der Waals surface area contributed by atoms with Gasteiger partial charge in [0.25, 0.3) is 0 Å². The summed E-state index contributed by atoms with van der Waals surface area (Å²) in [6.45, 7) is 2.75. The second-order valence-electron chi connectivity index (χ2n) is 4.18. The summed E-state index contributed by atoms with van der Waals surface area (Å²) in [5.41, 5.74) is 1.03. The van der Waals surface area contributed by atoms with Crippen LogP contribution in [0.3, 0.4) is 0 Å². The Morgan fingerprint density at radius 1 is 1.10 bits per heavy atom. The van der Waals surface area contributed by atoms with E-state index < -0.39 is 0 Å². The Balaban J connectivity index is 2.15. The van der Waals surface area contributed by atoms with Gasteiger partial charge >= 0.3 is 12.0 Å². The summed E-state index contributed by atoms with van der Waals surface area (Å²) in [7, 11) is 1.48. The Bertz CT molecular complexity index is 575. The van der Waals surface area contributed by atoms with E-state index >= 15 is 0 Å². The number of nitrogens with zero attached hydrogens (tertiary/aromatic N) is 3. The minimum atomic E-state index is 0.122. The number of nitrogens with one attached hydrogen (secondary N) is 1. The van der Waals surface area contributed by atoms with Gasteiger partial charge in [-0.15, -0.1) is 4.98 Å². The number of aliphatic hydroxyl groups is 1. The molecule has 1 aromatic heterocycles. The third kappa shape index (κ3) is 4.28. The Labute approximate surface area is 123 Å². The van der Waals surface area contributed by atoms with Crippen molar-refractivity contribution in [3.05, 3.63) is 29.8 Å². The maximum Gasteiger partial charge on any atom is 0.330 e. The zero-order valence-corrected chi connectivity index (χ0v) is 12.0. The SMILES string of the molecule is CCNc1nc(OC)nc(Oc2ccc(CCO)cc2)n1. The van der Waals surface area contributed by atoms with Gasteiger partial charge in [0.2, 0.25) is 5.95 Å². The number of hydrogen-bond acceptors (Lipinski definition) is 7. The van der Waals surface area contributed by atoms with Crippen molar-refractivity contribution in [2.24, 2.45) is 0 Å². The fourth-order valence-corrected chi connectivity index (χ4v) is 1.67. The lowest BCUT2D eigenvalue weighted by Gasteiger charge is -2.08. The van der Waals surface area contributed by atoms with Gasteiger partial charge in [-0.05, 0) is 31.0 Å². The van der Waals surface area contributed by atoms with E-state index in [1.807, 2.05) is 19.1 Å². The molecule has 0 radical (unpaired) electrons. The fraction of sp³-hybridized carbons (Fsp3) is 0.357. The van der Waals surface area contributed by atoms with Crippen molar-refractivity contribution in [2.75, 3.05) is 25.6 Å². The molecule has 0 saturated heterocycles. The van der Waals surface area contributed by atoms with Gasteiger partial charge in [-0.3, -0.25) is 0 Å². The molecule has 21 heavy (non-hydrogen) atoms. The number of hydrogen-bond donors (Lipinski definition) is 2. The zero-order chi connectivity index (χ0) is 15.1. The number of ether oxygens (including phenoxy) is 2. The molecule has 2 N–H and O–H groups in total. The lowest BCUT2D eigenvalue weighted by atomic mass is 10.1. The van der Waals surface area contributed by atoms with Crippen LogP contribution in [0.4, 0.5) is 5.95 Å². The molecule has 7 nitrogen and oxygen atoms in total. The quantitative estimate of drug-likeness (QED) is 0.801. The lowest BCUT2D eigenvalue weighted by molar-refractivity contribution is 0.299. The number of rotatable bonds is 7. The normalized spacial score (nSPS) is 10.2. The van der Waals surface area contributed by atoms with E-state index in [9.17, 15) is 0 Å². The molecule has 112 valence electrons. The molecule has 7 heteroatoms. The first-order valence-electron chi connectivity index (χ1n) is 6.66. The number of methoxy groups -OCH3 is 1. The van der Waals surface area contributed by atoms with E-state index in [1.54, 1.807) is 12.1 Å². The van der Waals surface area contributed by atoms with E-state index in [-0.39, 0.29) is 18.6 Å². The van der Waals surface area contributed by atoms with Crippen LogP contribution in [0.1, 0.15) is 12.5 Å². The van der Waals surface area contributed by atoms with Crippen molar-refractivity contribution in [1.82, 2.24) is 15.0 Å². The summed E-state index contributed by atoms with van der Waals surface area (Å²) >= 11 is 0. The third-order valence-electron chi connectivity index (χ3n) is 2.64. The molecule has 0 aliphatic carbocycles. The molecule has 1 aromatic carbocycles. The number of aliphatic hydroxyl groups excluding tert-OH is 1. The monoisotopic (exact) mass is 290 g/mol. The largest absolute Gasteiger partial charge is 0.467 e. The van der Waals surface area contributed by atoms with E-state index in [0.29, 0.717) is 24.7 Å². The predicted octanol–water partition coefficient (Wildman–Crippen LogP) is 1.64. The van der Waals surface area contributed by atoms with Crippen LogP contribution in [0.15, 0.2) is 24.3 Å². The second kappa shape index (κ2) is 7.39. The highest BCUT2D eigenvalue weighted by molar-refractivity contribution is 5.32. The van der Waals surface area contributed by atoms with Crippen molar-refractivity contribution < 1.29 is 14.6 Å². The average molecular weight is 290 g/mol. The van der Waals surface area contributed by atoms with Crippen molar-refractivity contribution in [3.8, 4) is 17.8 Å². The van der Waals surface area contributed by atoms with Gasteiger partial charge in [0.1, 0.15) is 5.75 Å². The average Bonchev–Trinajstić information content (AvgIpc) is 2.49. The van der Waals surface area contributed by atoms with E-state index in [1.165, 1.54) is 7.11 Å². The Morgan fingerprint density at radius 3 is 2.43 bits per heavy atom. The first kappa shape index (κ1) is 15.0. The van der Waals surface area contributed by atoms with Gasteiger partial charge < -0.3 is 19.9 Å². The molecule has 0 atom stereocenters. The highest BCUT2D eigenvalue weighted by Gasteiger charge is 2.08. The number of aromatic nitrogens is 3. The van der Waals surface area contributed by atoms with E-state index in [4.69, 9.17) is 14.6 Å². The molecule has 0 amide bonds. The molecule has 0 bridgehead atoms. The summed E-state index contributed by atoms with van der Waals surface area (Å²) in [5, 5.41) is 11.9. The molecule has 2 aromatic rings. The van der Waals surface area contributed by atoms with Crippen LogP contribution in [0.25, 0.3) is 0 Å². The van der Waals surface area contributed by atoms with Gasteiger partial charge in [-0.25, -0.2) is 0 Å². The standard InChI is InChI=1S/C14H18N4O3/c1-3-15-12-16-13(20-2)18-14(17-12)21-11-6-4-10(5-7-11)8-9-19/h4-7,19H,3,8-9H2,1-2H3,(H,15,16,17,18). The van der Waals surface area contributed by atoms with Crippen LogP contribution >= 0.6 is 0 Å². The van der Waals surface area contributed by atoms with Gasteiger partial charge in [-0.2, -0.15) is 9.97 Å². The maximum atomic E-state index is 8.88. The smallest absolute Gasteiger partial charge is 0.330 e. The summed E-state index contributed by atoms with van der Waals surface area (Å²) in [6, 6.07) is 7.72. The molecule has 2 rings (SSSR count). The first-order valence-corrected chi connectivity index (χ1v) is 6.66. The highest BCUT2D eigenvalue weighted by atomic mass is 16.5. The fourth-order valence-electron chi connectivity index (χ4n) is 1.67. The summed E-state index contributed by atoms with van der Waals surface area (Å²) in [6.07, 6.45) is 0.616. The Hall–Kier alpha value is -2.41. The van der Waals surface area contributed by atoms with Gasteiger partial charge in [0, 0.05) is 13.2 Å². The Morgan fingerprint density at radius 2 is 1.81 bits per heavy atom. The summed E-state index contributed by atoms with van der Waals surface area (Å²) < 4.78 is 10.6. The minimum absolute atomic E-state index is 0.122. The first-order chi connectivity index (χ1) is 10.2. The van der Waals surface area contributed by atoms with Crippen LogP contribution in [0.2, 0.25) is 0 Å². The van der Waals surface area contributed by atoms with Gasteiger partial charge in [-0.1, -0.05) is 12.1 Å². The molecular weight excluding hydrogens is 272 g/mol. The van der Waals surface area contributed by atoms with Gasteiger partial charge in [0.15, 0.2) is 0 Å². The van der Waals surface area contributed by atoms with Crippen LogP contribution in [0, 0.1) is 0 Å². The minimum Gasteiger partial charge on any atom is -0.467 e. The molecule has 0 saturated carbocycles. The molecule has 0 aliphatic heterocycles. The third-order valence-corrected chi connectivity index (χ3v) is 2.64. The van der Waals surface area contributed by atoms with Crippen molar-refractivity contribution in [1.29, 1.82) is 0 Å². The highest BCUT2D eigenvalue weighted by Crippen LogP contribution is 2.21. The molecule has 0 spiro atoms. The second-order valence-corrected chi connectivity index (χ2v) is 4.18. The van der Waals surface area contributed by atoms with Crippen molar-refractivity contribution >= 4 is 5.95 Å². The van der Waals surface area contributed by atoms with Crippen LogP contribution in [-0.4, -0.2) is 40.3 Å². The predicted molar refractivity (Wildman–Crippen MR) is 77.8 cm³/mol. The van der Waals surface area contributed by atoms with Crippen molar-refractivity contribution in [2.45, 2.75) is 13.3 Å². The molecule has 0 fully saturated rings. The van der Waals surface area contributed by atoms with Crippen molar-refractivity contribution in [3.63, 3.8) is 0 Å². The topological polar surface area (TPSA) is 89.4 Å². The van der Waals surface area contributed by atoms with Crippen LogP contribution in [0.5, 0.6) is 17.8 Å². The van der Waals surface area contributed by atoms with Gasteiger partial charge in [0.05, 0.1) is 7.11 Å². The number of anilines is 1. The van der Waals surface area contributed by atoms with E-state index in [0.717, 1.165) is 5.56 Å². The van der Waals surface area contributed by atoms with E-state index in [2.05, 4.69) is 20.3 Å².